The first-order valence-electron chi connectivity index (χ1n) is 8.03. The van der Waals surface area contributed by atoms with Gasteiger partial charge in [0.25, 0.3) is 5.91 Å². The third-order valence-corrected chi connectivity index (χ3v) is 6.56. The average Bonchev–Trinajstić information content (AvgIpc) is 3.07. The van der Waals surface area contributed by atoms with Crippen LogP contribution in [0.2, 0.25) is 0 Å². The Labute approximate surface area is 151 Å². The van der Waals surface area contributed by atoms with Crippen LogP contribution >= 0.6 is 11.3 Å². The molecule has 2 N–H and O–H groups in total. The Balaban J connectivity index is 1.93. The lowest BCUT2D eigenvalue weighted by Gasteiger charge is -2.22. The largest absolute Gasteiger partial charge is 0.482 e. The molecule has 1 amide bonds. The van der Waals surface area contributed by atoms with Crippen LogP contribution in [-0.2, 0) is 14.8 Å². The van der Waals surface area contributed by atoms with Crippen molar-refractivity contribution in [3.8, 4) is 5.75 Å². The van der Waals surface area contributed by atoms with Crippen LogP contribution in [0.3, 0.4) is 0 Å². The molecule has 0 spiro atoms. The molecule has 1 aliphatic heterocycles. The highest BCUT2D eigenvalue weighted by molar-refractivity contribution is 7.89. The molecular formula is C17H20N2O4S2. The summed E-state index contributed by atoms with van der Waals surface area (Å²) in [6, 6.07) is 6.69. The second-order valence-corrected chi connectivity index (χ2v) is 8.59. The monoisotopic (exact) mass is 380 g/mol. The van der Waals surface area contributed by atoms with Crippen LogP contribution < -0.4 is 14.8 Å². The highest BCUT2D eigenvalue weighted by Gasteiger charge is 2.26. The topological polar surface area (TPSA) is 84.5 Å². The summed E-state index contributed by atoms with van der Waals surface area (Å²) < 4.78 is 34.0. The van der Waals surface area contributed by atoms with Crippen LogP contribution in [0.25, 0.3) is 0 Å². The van der Waals surface area contributed by atoms with Crippen LogP contribution in [0.5, 0.6) is 5.75 Å². The number of anilines is 1. The van der Waals surface area contributed by atoms with E-state index in [4.69, 9.17) is 4.74 Å². The summed E-state index contributed by atoms with van der Waals surface area (Å²) in [4.78, 5) is 12.6. The molecule has 3 rings (SSSR count). The summed E-state index contributed by atoms with van der Waals surface area (Å²) in [5, 5.41) is 4.62. The molecule has 0 radical (unpaired) electrons. The van der Waals surface area contributed by atoms with Gasteiger partial charge in [-0.2, -0.15) is 0 Å². The Bertz CT molecular complexity index is 876. The van der Waals surface area contributed by atoms with Crippen LogP contribution in [-0.4, -0.2) is 20.9 Å². The molecule has 1 aromatic carbocycles. The molecule has 25 heavy (non-hydrogen) atoms. The van der Waals surface area contributed by atoms with Gasteiger partial charge in [-0.25, -0.2) is 13.1 Å². The molecule has 0 unspecified atom stereocenters. The molecule has 0 saturated carbocycles. The molecule has 2 heterocycles. The fourth-order valence-electron chi connectivity index (χ4n) is 2.79. The lowest BCUT2D eigenvalue weighted by Crippen LogP contribution is -2.30. The predicted octanol–water partition coefficient (Wildman–Crippen LogP) is 3.21. The molecule has 0 saturated heterocycles. The van der Waals surface area contributed by atoms with Crippen molar-refractivity contribution in [2.75, 3.05) is 11.9 Å². The number of thiophene rings is 1. The van der Waals surface area contributed by atoms with Crippen LogP contribution in [0, 0.1) is 6.92 Å². The number of amides is 1. The first kappa shape index (κ1) is 17.9. The van der Waals surface area contributed by atoms with Crippen molar-refractivity contribution in [2.45, 2.75) is 37.6 Å². The van der Waals surface area contributed by atoms with Gasteiger partial charge in [0.15, 0.2) is 6.61 Å². The summed E-state index contributed by atoms with van der Waals surface area (Å²) >= 11 is 1.54. The van der Waals surface area contributed by atoms with Gasteiger partial charge in [0, 0.05) is 10.9 Å². The quantitative estimate of drug-likeness (QED) is 0.806. The summed E-state index contributed by atoms with van der Waals surface area (Å²) in [6.45, 7) is 3.61. The summed E-state index contributed by atoms with van der Waals surface area (Å²) in [7, 11) is -3.72. The van der Waals surface area contributed by atoms with E-state index < -0.39 is 10.0 Å². The number of hydrogen-bond acceptors (Lipinski definition) is 5. The number of aryl methyl sites for hydroxylation is 1. The number of nitrogens with one attached hydrogen (secondary N) is 2. The SMILES string of the molecule is CCC[C@@H](NS(=O)(=O)c1cc2c(cc1C)NC(=O)CO2)c1cccs1. The van der Waals surface area contributed by atoms with Crippen molar-refractivity contribution >= 4 is 33.0 Å². The van der Waals surface area contributed by atoms with E-state index in [0.29, 0.717) is 17.0 Å². The zero-order chi connectivity index (χ0) is 18.0. The van der Waals surface area contributed by atoms with Gasteiger partial charge < -0.3 is 10.1 Å². The fourth-order valence-corrected chi connectivity index (χ4v) is 5.17. The van der Waals surface area contributed by atoms with Crippen molar-refractivity contribution in [1.82, 2.24) is 4.72 Å². The maximum atomic E-state index is 12.9. The molecule has 6 nitrogen and oxygen atoms in total. The van der Waals surface area contributed by atoms with Crippen LogP contribution in [0.1, 0.15) is 36.2 Å². The minimum Gasteiger partial charge on any atom is -0.482 e. The lowest BCUT2D eigenvalue weighted by molar-refractivity contribution is -0.118. The smallest absolute Gasteiger partial charge is 0.262 e. The Hall–Kier alpha value is -1.90. The summed E-state index contributed by atoms with van der Waals surface area (Å²) in [5.74, 6) is 0.120. The van der Waals surface area contributed by atoms with Gasteiger partial charge in [-0.05, 0) is 36.4 Å². The van der Waals surface area contributed by atoms with Gasteiger partial charge >= 0.3 is 0 Å². The standard InChI is InChI=1S/C17H20N2O4S2/c1-3-5-12(15-6-4-7-24-15)19-25(21,22)16-9-14-13(8-11(16)2)18-17(20)10-23-14/h4,6-9,12,19H,3,5,10H2,1-2H3,(H,18,20)/t12-/m1/s1. The number of sulfonamides is 1. The minimum absolute atomic E-state index is 0.114. The van der Waals surface area contributed by atoms with E-state index in [1.54, 1.807) is 13.0 Å². The molecule has 1 aliphatic rings. The number of carbonyl (C=O) groups is 1. The Kier molecular flexibility index (Phi) is 5.12. The van der Waals surface area contributed by atoms with E-state index in [1.165, 1.54) is 17.4 Å². The number of carbonyl (C=O) groups excluding carboxylic acids is 1. The van der Waals surface area contributed by atoms with Crippen LogP contribution in [0.15, 0.2) is 34.5 Å². The lowest BCUT2D eigenvalue weighted by atomic mass is 10.1. The molecule has 1 atom stereocenters. The van der Waals surface area contributed by atoms with Crippen molar-refractivity contribution < 1.29 is 17.9 Å². The second kappa shape index (κ2) is 7.15. The molecule has 134 valence electrons. The Morgan fingerprint density at radius 1 is 1.40 bits per heavy atom. The molecule has 1 aromatic heterocycles. The van der Waals surface area contributed by atoms with E-state index in [1.807, 2.05) is 24.4 Å². The van der Waals surface area contributed by atoms with E-state index in [-0.39, 0.29) is 23.5 Å². The van der Waals surface area contributed by atoms with Gasteiger partial charge in [0.05, 0.1) is 16.6 Å². The maximum absolute atomic E-state index is 12.9. The predicted molar refractivity (Wildman–Crippen MR) is 97.6 cm³/mol. The van der Waals surface area contributed by atoms with Crippen molar-refractivity contribution in [3.05, 3.63) is 40.1 Å². The molecule has 0 fully saturated rings. The molecule has 2 aromatic rings. The number of fused-ring (bicyclic) bond motifs is 1. The van der Waals surface area contributed by atoms with Crippen LogP contribution in [0.4, 0.5) is 5.69 Å². The summed E-state index contributed by atoms with van der Waals surface area (Å²) in [6.07, 6.45) is 1.58. The van der Waals surface area contributed by atoms with Gasteiger partial charge in [-0.3, -0.25) is 4.79 Å². The maximum Gasteiger partial charge on any atom is 0.262 e. The Morgan fingerprint density at radius 3 is 2.88 bits per heavy atom. The highest BCUT2D eigenvalue weighted by atomic mass is 32.2. The first-order valence-corrected chi connectivity index (χ1v) is 10.4. The third kappa shape index (κ3) is 3.86. The number of hydrogen-bond donors (Lipinski definition) is 2. The third-order valence-electron chi connectivity index (χ3n) is 3.96. The van der Waals surface area contributed by atoms with E-state index >= 15 is 0 Å². The molecule has 0 aliphatic carbocycles. The Morgan fingerprint density at radius 2 is 2.20 bits per heavy atom. The highest BCUT2D eigenvalue weighted by Crippen LogP contribution is 2.34. The van der Waals surface area contributed by atoms with Gasteiger partial charge in [0.1, 0.15) is 5.75 Å². The van der Waals surface area contributed by atoms with E-state index in [9.17, 15) is 13.2 Å². The number of ether oxygens (including phenoxy) is 1. The number of benzene rings is 1. The van der Waals surface area contributed by atoms with E-state index in [0.717, 1.165) is 17.7 Å². The minimum atomic E-state index is -3.72. The van der Waals surface area contributed by atoms with Crippen molar-refractivity contribution in [2.24, 2.45) is 0 Å². The zero-order valence-electron chi connectivity index (χ0n) is 14.0. The first-order chi connectivity index (χ1) is 11.9. The summed E-state index contributed by atoms with van der Waals surface area (Å²) in [5.41, 5.74) is 1.05. The van der Waals surface area contributed by atoms with Gasteiger partial charge in [-0.15, -0.1) is 11.3 Å². The molecule has 0 bridgehead atoms. The fraction of sp³-hybridized carbons (Fsp3) is 0.353. The van der Waals surface area contributed by atoms with Crippen molar-refractivity contribution in [3.63, 3.8) is 0 Å². The zero-order valence-corrected chi connectivity index (χ0v) is 15.7. The average molecular weight is 380 g/mol. The normalized spacial score (nSPS) is 15.2. The van der Waals surface area contributed by atoms with E-state index in [2.05, 4.69) is 10.0 Å². The van der Waals surface area contributed by atoms with Gasteiger partial charge in [-0.1, -0.05) is 19.4 Å². The number of rotatable bonds is 6. The second-order valence-electron chi connectivity index (χ2n) is 5.93. The van der Waals surface area contributed by atoms with Crippen molar-refractivity contribution in [1.29, 1.82) is 0 Å². The van der Waals surface area contributed by atoms with Gasteiger partial charge in [0.2, 0.25) is 10.0 Å². The molecular weight excluding hydrogens is 360 g/mol. The molecule has 8 heteroatoms.